The zero-order valence-electron chi connectivity index (χ0n) is 11.9. The minimum Gasteiger partial charge on any atom is -0.370 e. The van der Waals surface area contributed by atoms with Gasteiger partial charge in [0, 0.05) is 6.54 Å². The lowest BCUT2D eigenvalue weighted by Gasteiger charge is -2.16. The number of hydrogen-bond acceptors (Lipinski definition) is 4. The van der Waals surface area contributed by atoms with Gasteiger partial charge in [0.15, 0.2) is 0 Å². The average Bonchev–Trinajstić information content (AvgIpc) is 3.02. The van der Waals surface area contributed by atoms with Crippen LogP contribution < -0.4 is 5.32 Å². The smallest absolute Gasteiger partial charge is 0.233 e. The Kier molecular flexibility index (Phi) is 3.85. The van der Waals surface area contributed by atoms with E-state index in [9.17, 15) is 9.59 Å². The monoisotopic (exact) mass is 307 g/mol. The molecule has 112 valence electrons. The van der Waals surface area contributed by atoms with E-state index in [4.69, 9.17) is 11.6 Å². The predicted molar refractivity (Wildman–Crippen MR) is 79.8 cm³/mol. The average molecular weight is 308 g/mol. The first-order valence-corrected chi connectivity index (χ1v) is 7.74. The summed E-state index contributed by atoms with van der Waals surface area (Å²) in [7, 11) is 0. The number of likely N-dealkylation sites (tertiary alicyclic amines) is 1. The molecule has 2 aliphatic rings. The van der Waals surface area contributed by atoms with Crippen molar-refractivity contribution in [3.8, 4) is 0 Å². The van der Waals surface area contributed by atoms with Crippen LogP contribution in [0.1, 0.15) is 31.9 Å². The van der Waals surface area contributed by atoms with E-state index >= 15 is 0 Å². The highest BCUT2D eigenvalue weighted by Gasteiger charge is 2.49. The van der Waals surface area contributed by atoms with Crippen LogP contribution in [0.3, 0.4) is 0 Å². The third-order valence-electron chi connectivity index (χ3n) is 4.27. The van der Waals surface area contributed by atoms with E-state index in [-0.39, 0.29) is 30.2 Å². The summed E-state index contributed by atoms with van der Waals surface area (Å²) in [5.41, 5.74) is 0.566. The van der Waals surface area contributed by atoms with Crippen LogP contribution in [0.4, 0.5) is 5.82 Å². The van der Waals surface area contributed by atoms with Gasteiger partial charge in [-0.3, -0.25) is 14.5 Å². The molecular formula is C15H18ClN3O2. The first kappa shape index (κ1) is 14.3. The molecule has 1 N–H and O–H groups in total. The quantitative estimate of drug-likeness (QED) is 0.868. The predicted octanol–water partition coefficient (Wildman–Crippen LogP) is 2.45. The topological polar surface area (TPSA) is 62.3 Å². The highest BCUT2D eigenvalue weighted by molar-refractivity contribution is 6.31. The number of nitrogens with zero attached hydrogens (tertiary/aromatic N) is 2. The molecule has 2 fully saturated rings. The summed E-state index contributed by atoms with van der Waals surface area (Å²) >= 11 is 6.15. The largest absolute Gasteiger partial charge is 0.370 e. The van der Waals surface area contributed by atoms with E-state index in [0.717, 1.165) is 25.8 Å². The molecule has 0 bridgehead atoms. The van der Waals surface area contributed by atoms with Crippen LogP contribution in [0.15, 0.2) is 12.1 Å². The van der Waals surface area contributed by atoms with E-state index in [1.54, 1.807) is 12.1 Å². The molecule has 1 aliphatic carbocycles. The van der Waals surface area contributed by atoms with Crippen molar-refractivity contribution in [2.75, 3.05) is 11.9 Å². The van der Waals surface area contributed by atoms with Crippen molar-refractivity contribution in [1.82, 2.24) is 9.88 Å². The Morgan fingerprint density at radius 2 is 1.95 bits per heavy atom. The summed E-state index contributed by atoms with van der Waals surface area (Å²) < 4.78 is 0. The van der Waals surface area contributed by atoms with Crippen LogP contribution in [-0.2, 0) is 16.1 Å². The standard InChI is InChI=1S/C15H18ClN3O2/c1-2-17-13-7-6-11(16)12(18-13)8-19-14(20)9-4-3-5-10(9)15(19)21/h6-7,9-10H,2-5,8H2,1H3,(H,17,18). The molecule has 0 radical (unpaired) electrons. The zero-order valence-corrected chi connectivity index (χ0v) is 12.7. The van der Waals surface area contributed by atoms with Crippen LogP contribution in [0.5, 0.6) is 0 Å². The summed E-state index contributed by atoms with van der Waals surface area (Å²) in [6.45, 7) is 2.90. The molecule has 1 aromatic heterocycles. The summed E-state index contributed by atoms with van der Waals surface area (Å²) in [5.74, 6) is 0.348. The molecule has 2 heterocycles. The van der Waals surface area contributed by atoms with Gasteiger partial charge in [0.25, 0.3) is 0 Å². The molecule has 0 spiro atoms. The van der Waals surface area contributed by atoms with E-state index in [2.05, 4.69) is 10.3 Å². The van der Waals surface area contributed by atoms with Gasteiger partial charge < -0.3 is 5.32 Å². The lowest BCUT2D eigenvalue weighted by molar-refractivity contribution is -0.141. The van der Waals surface area contributed by atoms with Gasteiger partial charge in [0.2, 0.25) is 11.8 Å². The SMILES string of the molecule is CCNc1ccc(Cl)c(CN2C(=O)C3CCCC3C2=O)n1. The van der Waals surface area contributed by atoms with Crippen LogP contribution in [0.25, 0.3) is 0 Å². The number of rotatable bonds is 4. The maximum Gasteiger partial charge on any atom is 0.233 e. The second-order valence-electron chi connectivity index (χ2n) is 5.56. The van der Waals surface area contributed by atoms with Gasteiger partial charge in [0.1, 0.15) is 5.82 Å². The van der Waals surface area contributed by atoms with E-state index < -0.39 is 0 Å². The maximum atomic E-state index is 12.3. The van der Waals surface area contributed by atoms with Crippen molar-refractivity contribution in [2.45, 2.75) is 32.7 Å². The van der Waals surface area contributed by atoms with Crippen molar-refractivity contribution < 1.29 is 9.59 Å². The number of amides is 2. The van der Waals surface area contributed by atoms with Crippen molar-refractivity contribution in [2.24, 2.45) is 11.8 Å². The van der Waals surface area contributed by atoms with E-state index in [1.807, 2.05) is 6.92 Å². The minimum absolute atomic E-state index is 0.0609. The molecule has 2 amide bonds. The number of imide groups is 1. The first-order valence-electron chi connectivity index (χ1n) is 7.36. The number of pyridine rings is 1. The highest BCUT2D eigenvalue weighted by atomic mass is 35.5. The van der Waals surface area contributed by atoms with Crippen LogP contribution in [-0.4, -0.2) is 28.2 Å². The second kappa shape index (κ2) is 5.64. The third-order valence-corrected chi connectivity index (χ3v) is 4.61. The Balaban J connectivity index is 1.82. The minimum atomic E-state index is -0.117. The number of nitrogens with one attached hydrogen (secondary N) is 1. The Bertz CT molecular complexity index is 568. The van der Waals surface area contributed by atoms with Crippen molar-refractivity contribution in [1.29, 1.82) is 0 Å². The number of anilines is 1. The number of carbonyl (C=O) groups excluding carboxylic acids is 2. The molecule has 6 heteroatoms. The summed E-state index contributed by atoms with van der Waals surface area (Å²) in [6.07, 6.45) is 2.62. The van der Waals surface area contributed by atoms with Crippen molar-refractivity contribution in [3.05, 3.63) is 22.8 Å². The molecule has 5 nitrogen and oxygen atoms in total. The number of halogens is 1. The fourth-order valence-corrected chi connectivity index (χ4v) is 3.41. The normalized spacial score (nSPS) is 24.6. The molecule has 1 saturated heterocycles. The maximum absolute atomic E-state index is 12.3. The summed E-state index contributed by atoms with van der Waals surface area (Å²) in [4.78, 5) is 30.4. The molecule has 1 aliphatic heterocycles. The second-order valence-corrected chi connectivity index (χ2v) is 5.97. The number of hydrogen-bond donors (Lipinski definition) is 1. The molecule has 2 atom stereocenters. The zero-order chi connectivity index (χ0) is 15.0. The number of fused-ring (bicyclic) bond motifs is 1. The first-order chi connectivity index (χ1) is 10.1. The van der Waals surface area contributed by atoms with Gasteiger partial charge in [-0.2, -0.15) is 0 Å². The molecule has 3 rings (SSSR count). The molecule has 1 saturated carbocycles. The van der Waals surface area contributed by atoms with Gasteiger partial charge in [-0.25, -0.2) is 4.98 Å². The molecule has 0 aromatic carbocycles. The van der Waals surface area contributed by atoms with Crippen molar-refractivity contribution >= 4 is 29.2 Å². The summed E-state index contributed by atoms with van der Waals surface area (Å²) in [5, 5.41) is 3.59. The van der Waals surface area contributed by atoms with Crippen LogP contribution >= 0.6 is 11.6 Å². The third kappa shape index (κ3) is 2.50. The van der Waals surface area contributed by atoms with E-state index in [1.165, 1.54) is 4.90 Å². The van der Waals surface area contributed by atoms with E-state index in [0.29, 0.717) is 16.5 Å². The van der Waals surface area contributed by atoms with Crippen LogP contribution in [0, 0.1) is 11.8 Å². The molecular weight excluding hydrogens is 290 g/mol. The lowest BCUT2D eigenvalue weighted by Crippen LogP contribution is -2.31. The highest BCUT2D eigenvalue weighted by Crippen LogP contribution is 2.40. The number of carbonyl (C=O) groups is 2. The Labute approximate surface area is 128 Å². The van der Waals surface area contributed by atoms with Crippen molar-refractivity contribution in [3.63, 3.8) is 0 Å². The summed E-state index contributed by atoms with van der Waals surface area (Å²) in [6, 6.07) is 3.53. The fourth-order valence-electron chi connectivity index (χ4n) is 3.24. The van der Waals surface area contributed by atoms with Gasteiger partial charge in [0.05, 0.1) is 29.1 Å². The van der Waals surface area contributed by atoms with Crippen LogP contribution in [0.2, 0.25) is 5.02 Å². The van der Waals surface area contributed by atoms with Gasteiger partial charge >= 0.3 is 0 Å². The Morgan fingerprint density at radius 1 is 1.29 bits per heavy atom. The number of aromatic nitrogens is 1. The van der Waals surface area contributed by atoms with Gasteiger partial charge in [-0.15, -0.1) is 0 Å². The molecule has 1 aromatic rings. The Hall–Kier alpha value is -1.62. The fraction of sp³-hybridized carbons (Fsp3) is 0.533. The Morgan fingerprint density at radius 3 is 2.57 bits per heavy atom. The van der Waals surface area contributed by atoms with Gasteiger partial charge in [-0.05, 0) is 31.9 Å². The van der Waals surface area contributed by atoms with Gasteiger partial charge in [-0.1, -0.05) is 18.0 Å². The molecule has 2 unspecified atom stereocenters. The lowest BCUT2D eigenvalue weighted by atomic mass is 10.00. The molecule has 21 heavy (non-hydrogen) atoms.